The summed E-state index contributed by atoms with van der Waals surface area (Å²) >= 11 is 1.52. The van der Waals surface area contributed by atoms with Gasteiger partial charge in [0.2, 0.25) is 0 Å². The van der Waals surface area contributed by atoms with E-state index < -0.39 is 12.1 Å². The molecule has 0 aromatic carbocycles. The monoisotopic (exact) mass is 292 g/mol. The second-order valence-electron chi connectivity index (χ2n) is 5.53. The van der Waals surface area contributed by atoms with Crippen LogP contribution in [0.1, 0.15) is 44.5 Å². The average molecular weight is 292 g/mol. The van der Waals surface area contributed by atoms with Crippen molar-refractivity contribution in [2.45, 2.75) is 57.3 Å². The van der Waals surface area contributed by atoms with E-state index >= 15 is 0 Å². The molecule has 1 aromatic heterocycles. The molecule has 1 aromatic rings. The summed E-state index contributed by atoms with van der Waals surface area (Å²) in [5.41, 5.74) is -0.371. The minimum atomic E-state index is -4.06. The van der Waals surface area contributed by atoms with Crippen molar-refractivity contribution >= 4 is 11.3 Å². The lowest BCUT2D eigenvalue weighted by Crippen LogP contribution is -2.49. The number of thiazole rings is 1. The molecule has 1 aliphatic carbocycles. The Morgan fingerprint density at radius 3 is 2.42 bits per heavy atom. The number of hydrogen-bond donors (Lipinski definition) is 1. The largest absolute Gasteiger partial charge is 0.391 e. The van der Waals surface area contributed by atoms with Crippen molar-refractivity contribution in [3.63, 3.8) is 0 Å². The zero-order valence-corrected chi connectivity index (χ0v) is 11.9. The topological polar surface area (TPSA) is 24.9 Å². The molecule has 2 rings (SSSR count). The summed E-state index contributed by atoms with van der Waals surface area (Å²) < 4.78 is 38.3. The number of halogens is 3. The van der Waals surface area contributed by atoms with Gasteiger partial charge in [0.25, 0.3) is 0 Å². The normalized spacial score (nSPS) is 28.8. The zero-order chi connectivity index (χ0) is 14.1. The Labute approximate surface area is 115 Å². The molecule has 0 radical (unpaired) electrons. The number of hydrogen-bond acceptors (Lipinski definition) is 3. The van der Waals surface area contributed by atoms with Gasteiger partial charge in [-0.3, -0.25) is 0 Å². The predicted octanol–water partition coefficient (Wildman–Crippen LogP) is 4.09. The van der Waals surface area contributed by atoms with Gasteiger partial charge in [0.1, 0.15) is 5.01 Å². The van der Waals surface area contributed by atoms with Gasteiger partial charge in [-0.15, -0.1) is 11.3 Å². The van der Waals surface area contributed by atoms with E-state index in [1.165, 1.54) is 11.3 Å². The van der Waals surface area contributed by atoms with Gasteiger partial charge in [-0.05, 0) is 39.5 Å². The van der Waals surface area contributed by atoms with Crippen molar-refractivity contribution in [3.8, 4) is 0 Å². The van der Waals surface area contributed by atoms with Crippen LogP contribution in [0.25, 0.3) is 0 Å². The summed E-state index contributed by atoms with van der Waals surface area (Å²) in [5, 5.41) is 6.25. The van der Waals surface area contributed by atoms with Gasteiger partial charge < -0.3 is 5.32 Å². The first kappa shape index (κ1) is 14.8. The molecule has 108 valence electrons. The summed E-state index contributed by atoms with van der Waals surface area (Å²) in [7, 11) is 0. The number of alkyl halides is 3. The summed E-state index contributed by atoms with van der Waals surface area (Å²) in [6.45, 7) is 4.04. The second-order valence-corrected chi connectivity index (χ2v) is 6.43. The molecule has 6 heteroatoms. The average Bonchev–Trinajstić information content (AvgIpc) is 2.81. The maximum absolute atomic E-state index is 12.8. The first-order valence-corrected chi connectivity index (χ1v) is 7.46. The lowest BCUT2D eigenvalue weighted by molar-refractivity contribution is -0.185. The molecule has 2 nitrogen and oxygen atoms in total. The van der Waals surface area contributed by atoms with E-state index in [1.807, 2.05) is 19.2 Å². The van der Waals surface area contributed by atoms with Gasteiger partial charge >= 0.3 is 6.18 Å². The highest BCUT2D eigenvalue weighted by atomic mass is 32.1. The Balaban J connectivity index is 2.15. The molecular formula is C13H19F3N2S. The summed E-state index contributed by atoms with van der Waals surface area (Å²) in [4.78, 5) is 4.33. The molecule has 0 aliphatic heterocycles. The minimum absolute atomic E-state index is 0.183. The molecule has 1 aliphatic rings. The Kier molecular flexibility index (Phi) is 4.20. The standard InChI is InChI=1S/C13H19F3N2S/c1-9(2)18-12(11-17-7-8-19-11)5-3-10(4-6-12)13(14,15)16/h7-10,18H,3-6H2,1-2H3. The maximum Gasteiger partial charge on any atom is 0.391 e. The number of aromatic nitrogens is 1. The minimum Gasteiger partial charge on any atom is -0.303 e. The molecule has 0 unspecified atom stereocenters. The van der Waals surface area contributed by atoms with E-state index in [0.29, 0.717) is 12.8 Å². The molecule has 1 heterocycles. The Morgan fingerprint density at radius 1 is 1.37 bits per heavy atom. The molecule has 1 N–H and O–H groups in total. The molecule has 0 bridgehead atoms. The van der Waals surface area contributed by atoms with Crippen LogP contribution in [0, 0.1) is 5.92 Å². The van der Waals surface area contributed by atoms with Gasteiger partial charge in [0.05, 0.1) is 11.5 Å². The van der Waals surface area contributed by atoms with Gasteiger partial charge in [-0.2, -0.15) is 13.2 Å². The fraction of sp³-hybridized carbons (Fsp3) is 0.769. The van der Waals surface area contributed by atoms with Crippen LogP contribution in [0.4, 0.5) is 13.2 Å². The molecule has 19 heavy (non-hydrogen) atoms. The molecule has 0 saturated heterocycles. The summed E-state index contributed by atoms with van der Waals surface area (Å²) in [6.07, 6.45) is -0.968. The second kappa shape index (κ2) is 5.40. The zero-order valence-electron chi connectivity index (χ0n) is 11.1. The third-order valence-corrected chi connectivity index (χ3v) is 4.69. The highest BCUT2D eigenvalue weighted by molar-refractivity contribution is 7.09. The molecule has 1 fully saturated rings. The van der Waals surface area contributed by atoms with E-state index in [4.69, 9.17) is 0 Å². The molecule has 0 atom stereocenters. The first-order valence-electron chi connectivity index (χ1n) is 6.58. The van der Waals surface area contributed by atoms with Gasteiger partial charge in [0, 0.05) is 17.6 Å². The van der Waals surface area contributed by atoms with E-state index in [0.717, 1.165) is 5.01 Å². The Hall–Kier alpha value is -0.620. The van der Waals surface area contributed by atoms with E-state index in [-0.39, 0.29) is 24.4 Å². The van der Waals surface area contributed by atoms with Crippen LogP contribution in [0.15, 0.2) is 11.6 Å². The quantitative estimate of drug-likeness (QED) is 0.907. The van der Waals surface area contributed by atoms with E-state index in [9.17, 15) is 13.2 Å². The fourth-order valence-corrected chi connectivity index (χ4v) is 3.73. The first-order chi connectivity index (χ1) is 8.83. The lowest BCUT2D eigenvalue weighted by atomic mass is 9.76. The Morgan fingerprint density at radius 2 is 2.00 bits per heavy atom. The predicted molar refractivity (Wildman–Crippen MR) is 70.1 cm³/mol. The van der Waals surface area contributed by atoms with E-state index in [1.54, 1.807) is 6.20 Å². The molecule has 1 saturated carbocycles. The summed E-state index contributed by atoms with van der Waals surface area (Å²) in [5.74, 6) is -1.16. The van der Waals surface area contributed by atoms with Crippen LogP contribution in [-0.4, -0.2) is 17.2 Å². The van der Waals surface area contributed by atoms with Crippen molar-refractivity contribution in [2.75, 3.05) is 0 Å². The van der Waals surface area contributed by atoms with Crippen molar-refractivity contribution < 1.29 is 13.2 Å². The van der Waals surface area contributed by atoms with Crippen LogP contribution >= 0.6 is 11.3 Å². The number of rotatable bonds is 3. The SMILES string of the molecule is CC(C)NC1(c2nccs2)CCC(C(F)(F)F)CC1. The third kappa shape index (κ3) is 3.28. The highest BCUT2D eigenvalue weighted by Gasteiger charge is 2.47. The van der Waals surface area contributed by atoms with Crippen LogP contribution in [-0.2, 0) is 5.54 Å². The summed E-state index contributed by atoms with van der Waals surface area (Å²) in [6, 6.07) is 0.228. The van der Waals surface area contributed by atoms with Crippen molar-refractivity contribution in [3.05, 3.63) is 16.6 Å². The van der Waals surface area contributed by atoms with Crippen molar-refractivity contribution in [2.24, 2.45) is 5.92 Å². The number of nitrogens with zero attached hydrogens (tertiary/aromatic N) is 1. The smallest absolute Gasteiger partial charge is 0.303 e. The van der Waals surface area contributed by atoms with Crippen LogP contribution in [0.3, 0.4) is 0 Å². The molecule has 0 spiro atoms. The third-order valence-electron chi connectivity index (χ3n) is 3.71. The van der Waals surface area contributed by atoms with Crippen LogP contribution in [0.5, 0.6) is 0 Å². The van der Waals surface area contributed by atoms with Gasteiger partial charge in [-0.25, -0.2) is 4.98 Å². The van der Waals surface area contributed by atoms with Crippen molar-refractivity contribution in [1.82, 2.24) is 10.3 Å². The van der Waals surface area contributed by atoms with Crippen LogP contribution < -0.4 is 5.32 Å². The highest BCUT2D eigenvalue weighted by Crippen LogP contribution is 2.45. The fourth-order valence-electron chi connectivity index (χ4n) is 2.87. The van der Waals surface area contributed by atoms with Crippen LogP contribution in [0.2, 0.25) is 0 Å². The van der Waals surface area contributed by atoms with Gasteiger partial charge in [0.15, 0.2) is 0 Å². The maximum atomic E-state index is 12.8. The molecular weight excluding hydrogens is 273 g/mol. The molecule has 0 amide bonds. The van der Waals surface area contributed by atoms with Gasteiger partial charge in [-0.1, -0.05) is 0 Å². The number of nitrogens with one attached hydrogen (secondary N) is 1. The van der Waals surface area contributed by atoms with E-state index in [2.05, 4.69) is 10.3 Å². The van der Waals surface area contributed by atoms with Crippen molar-refractivity contribution in [1.29, 1.82) is 0 Å². The lowest BCUT2D eigenvalue weighted by Gasteiger charge is -2.41. The Bertz CT molecular complexity index is 393.